The molecule has 1 N–H and O–H groups in total. The lowest BCUT2D eigenvalue weighted by molar-refractivity contribution is -0.130. The van der Waals surface area contributed by atoms with Gasteiger partial charge in [-0.25, -0.2) is 0 Å². The Hall–Kier alpha value is -1.39. The minimum Gasteiger partial charge on any atom is -0.321 e. The first-order valence-corrected chi connectivity index (χ1v) is 7.95. The number of likely N-dealkylation sites (tertiary alicyclic amines) is 1. The van der Waals surface area contributed by atoms with Gasteiger partial charge in [-0.3, -0.25) is 10.1 Å². The Morgan fingerprint density at radius 1 is 1.29 bits per heavy atom. The van der Waals surface area contributed by atoms with Crippen LogP contribution in [-0.4, -0.2) is 48.4 Å². The number of amides is 1. The first kappa shape index (κ1) is 14.5. The standard InChI is InChI=1S/C17H25N3O/c1-13-17(21)20(12-14-7-6-10-19(2)11-14)16(18-13)15-8-4-3-5-9-15/h3-5,8-9,13-14,16,18H,6-7,10-12H2,1-2H3. The Morgan fingerprint density at radius 2 is 2.05 bits per heavy atom. The van der Waals surface area contributed by atoms with Gasteiger partial charge >= 0.3 is 0 Å². The molecule has 0 bridgehead atoms. The van der Waals surface area contributed by atoms with E-state index in [0.717, 1.165) is 13.1 Å². The number of benzene rings is 1. The third-order valence-electron chi connectivity index (χ3n) is 4.67. The van der Waals surface area contributed by atoms with Gasteiger partial charge in [-0.15, -0.1) is 0 Å². The van der Waals surface area contributed by atoms with E-state index in [9.17, 15) is 4.79 Å². The highest BCUT2D eigenvalue weighted by Gasteiger charge is 2.38. The third-order valence-corrected chi connectivity index (χ3v) is 4.67. The molecule has 4 nitrogen and oxygen atoms in total. The highest BCUT2D eigenvalue weighted by atomic mass is 16.2. The molecule has 1 aromatic rings. The van der Waals surface area contributed by atoms with Crippen LogP contribution >= 0.6 is 0 Å². The molecule has 0 aromatic heterocycles. The number of rotatable bonds is 3. The van der Waals surface area contributed by atoms with Crippen LogP contribution in [0.15, 0.2) is 30.3 Å². The molecule has 3 unspecified atom stereocenters. The van der Waals surface area contributed by atoms with Crippen LogP contribution in [0, 0.1) is 5.92 Å². The van der Waals surface area contributed by atoms with Crippen LogP contribution < -0.4 is 5.32 Å². The highest BCUT2D eigenvalue weighted by molar-refractivity contribution is 5.84. The lowest BCUT2D eigenvalue weighted by Crippen LogP contribution is -2.41. The fourth-order valence-corrected chi connectivity index (χ4v) is 3.58. The number of hydrogen-bond acceptors (Lipinski definition) is 3. The largest absolute Gasteiger partial charge is 0.321 e. The van der Waals surface area contributed by atoms with Gasteiger partial charge in [0, 0.05) is 13.1 Å². The summed E-state index contributed by atoms with van der Waals surface area (Å²) in [6.45, 7) is 5.10. The van der Waals surface area contributed by atoms with Gasteiger partial charge in [0.2, 0.25) is 5.91 Å². The number of carbonyl (C=O) groups excluding carboxylic acids is 1. The average molecular weight is 287 g/mol. The van der Waals surface area contributed by atoms with Crippen LogP contribution in [0.5, 0.6) is 0 Å². The van der Waals surface area contributed by atoms with Crippen molar-refractivity contribution in [1.29, 1.82) is 0 Å². The van der Waals surface area contributed by atoms with Crippen LogP contribution in [0.25, 0.3) is 0 Å². The molecule has 1 amide bonds. The molecule has 4 heteroatoms. The van der Waals surface area contributed by atoms with Crippen molar-refractivity contribution in [1.82, 2.24) is 15.1 Å². The number of nitrogens with one attached hydrogen (secondary N) is 1. The molecule has 2 heterocycles. The molecular weight excluding hydrogens is 262 g/mol. The van der Waals surface area contributed by atoms with Crippen LogP contribution in [-0.2, 0) is 4.79 Å². The highest BCUT2D eigenvalue weighted by Crippen LogP contribution is 2.28. The topological polar surface area (TPSA) is 35.6 Å². The lowest BCUT2D eigenvalue weighted by Gasteiger charge is -2.34. The molecule has 2 fully saturated rings. The quantitative estimate of drug-likeness (QED) is 0.921. The van der Waals surface area contributed by atoms with E-state index in [4.69, 9.17) is 0 Å². The summed E-state index contributed by atoms with van der Waals surface area (Å²) in [5, 5.41) is 3.43. The minimum absolute atomic E-state index is 0.0286. The number of piperidine rings is 1. The smallest absolute Gasteiger partial charge is 0.241 e. The summed E-state index contributed by atoms with van der Waals surface area (Å²) >= 11 is 0. The summed E-state index contributed by atoms with van der Waals surface area (Å²) in [6, 6.07) is 10.2. The zero-order valence-corrected chi connectivity index (χ0v) is 13.0. The van der Waals surface area contributed by atoms with Gasteiger partial charge in [-0.1, -0.05) is 30.3 Å². The second kappa shape index (κ2) is 6.16. The molecule has 1 aromatic carbocycles. The normalized spacial score (nSPS) is 30.9. The molecule has 3 atom stereocenters. The minimum atomic E-state index is -0.0865. The Bertz CT molecular complexity index is 490. The zero-order valence-electron chi connectivity index (χ0n) is 13.0. The van der Waals surface area contributed by atoms with Crippen LogP contribution in [0.2, 0.25) is 0 Å². The van der Waals surface area contributed by atoms with Crippen LogP contribution in [0.4, 0.5) is 0 Å². The second-order valence-electron chi connectivity index (χ2n) is 6.46. The molecule has 114 valence electrons. The first-order chi connectivity index (χ1) is 10.1. The van der Waals surface area contributed by atoms with Crippen molar-refractivity contribution in [3.05, 3.63) is 35.9 Å². The third kappa shape index (κ3) is 3.11. The van der Waals surface area contributed by atoms with Crippen molar-refractivity contribution in [3.8, 4) is 0 Å². The number of carbonyl (C=O) groups is 1. The van der Waals surface area contributed by atoms with Gasteiger partial charge in [0.05, 0.1) is 6.04 Å². The fourth-order valence-electron chi connectivity index (χ4n) is 3.58. The van der Waals surface area contributed by atoms with E-state index < -0.39 is 0 Å². The monoisotopic (exact) mass is 287 g/mol. The van der Waals surface area contributed by atoms with Crippen molar-refractivity contribution in [3.63, 3.8) is 0 Å². The van der Waals surface area contributed by atoms with E-state index in [1.54, 1.807) is 0 Å². The lowest BCUT2D eigenvalue weighted by atomic mass is 9.97. The Morgan fingerprint density at radius 3 is 2.76 bits per heavy atom. The zero-order chi connectivity index (χ0) is 14.8. The predicted molar refractivity (Wildman–Crippen MR) is 83.7 cm³/mol. The summed E-state index contributed by atoms with van der Waals surface area (Å²) in [7, 11) is 2.17. The average Bonchev–Trinajstić information content (AvgIpc) is 2.77. The molecular formula is C17H25N3O. The molecule has 0 radical (unpaired) electrons. The van der Waals surface area contributed by atoms with Crippen LogP contribution in [0.3, 0.4) is 0 Å². The van der Waals surface area contributed by atoms with Gasteiger partial charge in [0.15, 0.2) is 0 Å². The summed E-state index contributed by atoms with van der Waals surface area (Å²) in [5.41, 5.74) is 1.18. The van der Waals surface area contributed by atoms with Crippen LogP contribution in [0.1, 0.15) is 31.5 Å². The maximum Gasteiger partial charge on any atom is 0.241 e. The van der Waals surface area contributed by atoms with Crippen molar-refractivity contribution in [2.75, 3.05) is 26.7 Å². The molecule has 2 aliphatic heterocycles. The number of nitrogens with zero attached hydrogens (tertiary/aromatic N) is 2. The Kier molecular flexibility index (Phi) is 4.27. The maximum atomic E-state index is 12.5. The van der Waals surface area contributed by atoms with Crippen molar-refractivity contribution in [2.45, 2.75) is 32.0 Å². The predicted octanol–water partition coefficient (Wildman–Crippen LogP) is 1.85. The first-order valence-electron chi connectivity index (χ1n) is 7.95. The van der Waals surface area contributed by atoms with E-state index in [2.05, 4.69) is 29.4 Å². The van der Waals surface area contributed by atoms with E-state index >= 15 is 0 Å². The molecule has 2 aliphatic rings. The molecule has 0 saturated carbocycles. The summed E-state index contributed by atoms with van der Waals surface area (Å²) < 4.78 is 0. The van der Waals surface area contributed by atoms with E-state index in [-0.39, 0.29) is 18.1 Å². The van der Waals surface area contributed by atoms with E-state index in [0.29, 0.717) is 5.92 Å². The molecule has 3 rings (SSSR count). The Labute approximate surface area is 127 Å². The second-order valence-corrected chi connectivity index (χ2v) is 6.46. The van der Waals surface area contributed by atoms with Crippen molar-refractivity contribution >= 4 is 5.91 Å². The molecule has 0 spiro atoms. The van der Waals surface area contributed by atoms with Gasteiger partial charge in [0.1, 0.15) is 6.17 Å². The molecule has 21 heavy (non-hydrogen) atoms. The number of hydrogen-bond donors (Lipinski definition) is 1. The van der Waals surface area contributed by atoms with Gasteiger partial charge in [-0.05, 0) is 44.8 Å². The van der Waals surface area contributed by atoms with Gasteiger partial charge in [-0.2, -0.15) is 0 Å². The summed E-state index contributed by atoms with van der Waals surface area (Å²) in [6.07, 6.45) is 2.49. The maximum absolute atomic E-state index is 12.5. The van der Waals surface area contributed by atoms with Gasteiger partial charge in [0.25, 0.3) is 0 Å². The van der Waals surface area contributed by atoms with Gasteiger partial charge < -0.3 is 9.80 Å². The SMILES string of the molecule is CC1NC(c2ccccc2)N(CC2CCCN(C)C2)C1=O. The van der Waals surface area contributed by atoms with E-state index in [1.807, 2.05) is 30.0 Å². The molecule has 2 saturated heterocycles. The summed E-state index contributed by atoms with van der Waals surface area (Å²) in [5.74, 6) is 0.822. The van der Waals surface area contributed by atoms with E-state index in [1.165, 1.54) is 24.9 Å². The molecule has 0 aliphatic carbocycles. The Balaban J connectivity index is 1.75. The van der Waals surface area contributed by atoms with Crippen molar-refractivity contribution < 1.29 is 4.79 Å². The van der Waals surface area contributed by atoms with Crippen molar-refractivity contribution in [2.24, 2.45) is 5.92 Å². The fraction of sp³-hybridized carbons (Fsp3) is 0.588. The summed E-state index contributed by atoms with van der Waals surface area (Å²) in [4.78, 5) is 16.9.